The van der Waals surface area contributed by atoms with Crippen molar-refractivity contribution in [2.45, 2.75) is 11.8 Å². The van der Waals surface area contributed by atoms with Gasteiger partial charge in [-0.1, -0.05) is 11.6 Å². The molecule has 0 amide bonds. The van der Waals surface area contributed by atoms with Crippen LogP contribution >= 0.6 is 11.6 Å². The van der Waals surface area contributed by atoms with Crippen molar-refractivity contribution in [2.75, 3.05) is 5.32 Å². The second kappa shape index (κ2) is 3.12. The van der Waals surface area contributed by atoms with Crippen LogP contribution in [0.4, 0.5) is 5.69 Å². The molecule has 0 radical (unpaired) electrons. The average Bonchev–Trinajstić information content (AvgIpc) is 2.06. The van der Waals surface area contributed by atoms with E-state index in [0.717, 1.165) is 5.69 Å². The lowest BCUT2D eigenvalue weighted by Crippen LogP contribution is -2.15. The molecule has 2 rings (SSSR count). The van der Waals surface area contributed by atoms with Gasteiger partial charge in [0.25, 0.3) is 0 Å². The fourth-order valence-corrected chi connectivity index (χ4v) is 2.30. The number of hydrogen-bond donors (Lipinski definition) is 1. The van der Waals surface area contributed by atoms with E-state index in [1.165, 1.54) is 0 Å². The molecule has 3 nitrogen and oxygen atoms in total. The normalized spacial score (nSPS) is 20.2. The highest BCUT2D eigenvalue weighted by molar-refractivity contribution is 7.84. The summed E-state index contributed by atoms with van der Waals surface area (Å²) in [4.78, 5) is 0.637. The summed E-state index contributed by atoms with van der Waals surface area (Å²) < 4.78 is 15.4. The summed E-state index contributed by atoms with van der Waals surface area (Å²) in [5.41, 5.74) is 0.815. The molecule has 1 unspecified atom stereocenters. The summed E-state index contributed by atoms with van der Waals surface area (Å²) in [7, 11) is -1.31. The van der Waals surface area contributed by atoms with Gasteiger partial charge in [0, 0.05) is 5.02 Å². The van der Waals surface area contributed by atoms with Gasteiger partial charge in [0.1, 0.15) is 5.84 Å². The van der Waals surface area contributed by atoms with E-state index in [0.29, 0.717) is 15.8 Å². The molecule has 1 heterocycles. The number of nitrogens with one attached hydrogen (secondary N) is 1. The molecular weight excluding hydrogens is 208 g/mol. The van der Waals surface area contributed by atoms with Gasteiger partial charge in [0.15, 0.2) is 11.0 Å². The maximum Gasteiger partial charge on any atom is 0.176 e. The number of hydrogen-bond acceptors (Lipinski definition) is 2. The van der Waals surface area contributed by atoms with Crippen molar-refractivity contribution in [1.82, 2.24) is 0 Å². The SMILES string of the molecule is CC1=NS(=O)c2cc(Cl)ccc2N1. The summed E-state index contributed by atoms with van der Waals surface area (Å²) in [5, 5.41) is 3.59. The zero-order valence-corrected chi connectivity index (χ0v) is 8.45. The van der Waals surface area contributed by atoms with E-state index in [-0.39, 0.29) is 0 Å². The summed E-state index contributed by atoms with van der Waals surface area (Å²) >= 11 is 5.77. The predicted molar refractivity (Wildman–Crippen MR) is 54.6 cm³/mol. The summed E-state index contributed by atoms with van der Waals surface area (Å²) in [6.45, 7) is 1.77. The molecule has 0 aliphatic carbocycles. The maximum atomic E-state index is 11.5. The second-order valence-corrected chi connectivity index (χ2v) is 4.25. The van der Waals surface area contributed by atoms with Gasteiger partial charge in [0.05, 0.1) is 10.6 Å². The van der Waals surface area contributed by atoms with E-state index >= 15 is 0 Å². The Morgan fingerprint density at radius 2 is 2.31 bits per heavy atom. The van der Waals surface area contributed by atoms with Gasteiger partial charge >= 0.3 is 0 Å². The highest BCUT2D eigenvalue weighted by Crippen LogP contribution is 2.27. The first-order valence-corrected chi connectivity index (χ1v) is 5.19. The molecule has 0 saturated carbocycles. The van der Waals surface area contributed by atoms with Crippen molar-refractivity contribution >= 4 is 34.1 Å². The van der Waals surface area contributed by atoms with Crippen molar-refractivity contribution in [2.24, 2.45) is 4.40 Å². The smallest absolute Gasteiger partial charge is 0.176 e. The predicted octanol–water partition coefficient (Wildman–Crippen LogP) is 2.21. The molecule has 1 aliphatic rings. The van der Waals surface area contributed by atoms with Crippen molar-refractivity contribution in [3.63, 3.8) is 0 Å². The molecule has 0 aromatic heterocycles. The van der Waals surface area contributed by atoms with Crippen LogP contribution < -0.4 is 5.32 Å². The van der Waals surface area contributed by atoms with E-state index in [1.54, 1.807) is 25.1 Å². The van der Waals surface area contributed by atoms with Crippen LogP contribution in [0, 0.1) is 0 Å². The van der Waals surface area contributed by atoms with Crippen LogP contribution in [0.15, 0.2) is 27.5 Å². The summed E-state index contributed by atoms with van der Waals surface area (Å²) in [6, 6.07) is 5.22. The van der Waals surface area contributed by atoms with Gasteiger partial charge in [0.2, 0.25) is 0 Å². The van der Waals surface area contributed by atoms with Crippen LogP contribution in [0.5, 0.6) is 0 Å². The highest BCUT2D eigenvalue weighted by Gasteiger charge is 2.15. The van der Waals surface area contributed by atoms with E-state index in [9.17, 15) is 4.21 Å². The monoisotopic (exact) mass is 214 g/mol. The van der Waals surface area contributed by atoms with Gasteiger partial charge in [-0.05, 0) is 25.1 Å². The first-order valence-electron chi connectivity index (χ1n) is 3.70. The number of rotatable bonds is 0. The molecule has 0 spiro atoms. The summed E-state index contributed by atoms with van der Waals surface area (Å²) in [5.74, 6) is 0.660. The molecule has 1 aromatic rings. The molecule has 1 aromatic carbocycles. The van der Waals surface area contributed by atoms with Crippen molar-refractivity contribution in [1.29, 1.82) is 0 Å². The molecule has 1 atom stereocenters. The third-order valence-corrected chi connectivity index (χ3v) is 3.06. The van der Waals surface area contributed by atoms with Gasteiger partial charge in [-0.15, -0.1) is 0 Å². The van der Waals surface area contributed by atoms with Crippen LogP contribution in [0.3, 0.4) is 0 Å². The zero-order valence-electron chi connectivity index (χ0n) is 6.87. The number of amidine groups is 1. The van der Waals surface area contributed by atoms with Gasteiger partial charge in [-0.25, -0.2) is 4.21 Å². The topological polar surface area (TPSA) is 41.5 Å². The summed E-state index contributed by atoms with van der Waals surface area (Å²) in [6.07, 6.45) is 0. The minimum atomic E-state index is -1.31. The largest absolute Gasteiger partial charge is 0.342 e. The lowest BCUT2D eigenvalue weighted by molar-refractivity contribution is 0.684. The maximum absolute atomic E-state index is 11.5. The highest BCUT2D eigenvalue weighted by atomic mass is 35.5. The Balaban J connectivity index is 2.57. The number of fused-ring (bicyclic) bond motifs is 1. The molecule has 0 saturated heterocycles. The van der Waals surface area contributed by atoms with Crippen molar-refractivity contribution in [3.8, 4) is 0 Å². The Morgan fingerprint density at radius 1 is 1.54 bits per heavy atom. The zero-order chi connectivity index (χ0) is 9.42. The van der Waals surface area contributed by atoms with Crippen LogP contribution in [0.1, 0.15) is 6.92 Å². The van der Waals surface area contributed by atoms with E-state index in [2.05, 4.69) is 9.71 Å². The lowest BCUT2D eigenvalue weighted by Gasteiger charge is -2.14. The van der Waals surface area contributed by atoms with Gasteiger partial charge in [-0.2, -0.15) is 4.40 Å². The Morgan fingerprint density at radius 3 is 3.08 bits per heavy atom. The minimum Gasteiger partial charge on any atom is -0.342 e. The number of halogens is 1. The van der Waals surface area contributed by atoms with Crippen LogP contribution in [0.25, 0.3) is 0 Å². The molecular formula is C8H7ClN2OS. The van der Waals surface area contributed by atoms with E-state index in [1.807, 2.05) is 0 Å². The first-order chi connectivity index (χ1) is 6.16. The minimum absolute atomic E-state index is 0.573. The third kappa shape index (κ3) is 1.59. The van der Waals surface area contributed by atoms with E-state index < -0.39 is 11.0 Å². The van der Waals surface area contributed by atoms with Crippen molar-refractivity contribution in [3.05, 3.63) is 23.2 Å². The molecule has 1 aliphatic heterocycles. The average molecular weight is 215 g/mol. The van der Waals surface area contributed by atoms with Gasteiger partial charge in [-0.3, -0.25) is 0 Å². The second-order valence-electron chi connectivity index (χ2n) is 2.69. The Labute approximate surface area is 83.4 Å². The number of benzene rings is 1. The Hall–Kier alpha value is -0.870. The quantitative estimate of drug-likeness (QED) is 0.720. The fourth-order valence-electron chi connectivity index (χ4n) is 1.14. The molecule has 13 heavy (non-hydrogen) atoms. The molecule has 0 fully saturated rings. The fraction of sp³-hybridized carbons (Fsp3) is 0.125. The van der Waals surface area contributed by atoms with Crippen LogP contribution in [-0.4, -0.2) is 10.0 Å². The standard InChI is InChI=1S/C8H7ClN2OS/c1-5-10-7-3-2-6(9)4-8(7)13(12)11-5/h2-4H,1H3,(H,10,11). The Bertz CT molecular complexity index is 417. The number of anilines is 1. The Kier molecular flexibility index (Phi) is 2.09. The molecule has 0 bridgehead atoms. The van der Waals surface area contributed by atoms with Crippen LogP contribution in [0.2, 0.25) is 5.02 Å². The van der Waals surface area contributed by atoms with Gasteiger partial charge < -0.3 is 5.32 Å². The number of nitrogens with zero attached hydrogens (tertiary/aromatic N) is 1. The first kappa shape index (κ1) is 8.72. The molecule has 5 heteroatoms. The lowest BCUT2D eigenvalue weighted by atomic mass is 10.3. The van der Waals surface area contributed by atoms with Crippen LogP contribution in [-0.2, 0) is 11.0 Å². The molecule has 1 N–H and O–H groups in total. The third-order valence-electron chi connectivity index (χ3n) is 1.67. The van der Waals surface area contributed by atoms with E-state index in [4.69, 9.17) is 11.6 Å². The molecule has 68 valence electrons. The van der Waals surface area contributed by atoms with Crippen molar-refractivity contribution < 1.29 is 4.21 Å².